The minimum absolute atomic E-state index is 0.767. The number of rotatable bonds is 5. The average molecular weight is 249 g/mol. The summed E-state index contributed by atoms with van der Waals surface area (Å²) in [7, 11) is 0. The maximum Gasteiger partial charge on any atom is 0.0467 e. The molecule has 0 spiro atoms. The van der Waals surface area contributed by atoms with E-state index in [4.69, 9.17) is 11.6 Å². The summed E-state index contributed by atoms with van der Waals surface area (Å²) in [6.45, 7) is 4.09. The summed E-state index contributed by atoms with van der Waals surface area (Å²) in [6, 6.07) is 12.1. The first-order valence-electron chi connectivity index (χ1n) is 5.94. The Morgan fingerprint density at radius 3 is 2.88 bits per heavy atom. The second kappa shape index (κ2) is 5.89. The van der Waals surface area contributed by atoms with Crippen LogP contribution in [0.2, 0.25) is 5.02 Å². The third-order valence-electron chi connectivity index (χ3n) is 2.65. The molecule has 1 aromatic heterocycles. The fourth-order valence-corrected chi connectivity index (χ4v) is 2.02. The molecule has 1 aromatic carbocycles. The topological polar surface area (TPSA) is 17.0 Å². The lowest BCUT2D eigenvalue weighted by Crippen LogP contribution is -2.16. The molecular formula is C14H17ClN2. The summed E-state index contributed by atoms with van der Waals surface area (Å²) in [5.74, 6) is 0. The van der Waals surface area contributed by atoms with E-state index in [-0.39, 0.29) is 0 Å². The molecule has 0 atom stereocenters. The molecule has 0 saturated heterocycles. The monoisotopic (exact) mass is 248 g/mol. The zero-order valence-corrected chi connectivity index (χ0v) is 10.7. The van der Waals surface area contributed by atoms with Crippen LogP contribution in [0.3, 0.4) is 0 Å². The van der Waals surface area contributed by atoms with Gasteiger partial charge in [-0.1, -0.05) is 24.6 Å². The van der Waals surface area contributed by atoms with E-state index in [0.717, 1.165) is 30.2 Å². The summed E-state index contributed by atoms with van der Waals surface area (Å²) in [6.07, 6.45) is 3.21. The lowest BCUT2D eigenvalue weighted by Gasteiger charge is -2.10. The molecule has 3 heteroatoms. The largest absolute Gasteiger partial charge is 0.320 e. The van der Waals surface area contributed by atoms with Gasteiger partial charge >= 0.3 is 0 Å². The smallest absolute Gasteiger partial charge is 0.0467 e. The number of hydrogen-bond donors (Lipinski definition) is 1. The van der Waals surface area contributed by atoms with E-state index < -0.39 is 0 Å². The highest BCUT2D eigenvalue weighted by molar-refractivity contribution is 6.30. The molecular weight excluding hydrogens is 232 g/mol. The minimum Gasteiger partial charge on any atom is -0.320 e. The maximum absolute atomic E-state index is 6.01. The van der Waals surface area contributed by atoms with Crippen molar-refractivity contribution < 1.29 is 0 Å². The standard InChI is InChI=1S/C14H17ClN2/c1-2-8-16-11-14-7-4-9-17(14)13-6-3-5-12(15)10-13/h3-7,9-10,16H,2,8,11H2,1H3. The zero-order chi connectivity index (χ0) is 12.1. The molecule has 0 bridgehead atoms. The van der Waals surface area contributed by atoms with Gasteiger partial charge in [-0.3, -0.25) is 0 Å². The van der Waals surface area contributed by atoms with Gasteiger partial charge in [0.15, 0.2) is 0 Å². The van der Waals surface area contributed by atoms with Crippen molar-refractivity contribution in [1.29, 1.82) is 0 Å². The Balaban J connectivity index is 2.18. The first kappa shape index (κ1) is 12.2. The molecule has 0 radical (unpaired) electrons. The molecule has 2 nitrogen and oxygen atoms in total. The van der Waals surface area contributed by atoms with Crippen LogP contribution in [0.15, 0.2) is 42.6 Å². The van der Waals surface area contributed by atoms with Crippen molar-refractivity contribution >= 4 is 11.6 Å². The highest BCUT2D eigenvalue weighted by atomic mass is 35.5. The number of nitrogens with one attached hydrogen (secondary N) is 1. The summed E-state index contributed by atoms with van der Waals surface area (Å²) in [5.41, 5.74) is 2.36. The molecule has 17 heavy (non-hydrogen) atoms. The minimum atomic E-state index is 0.767. The normalized spacial score (nSPS) is 10.7. The summed E-state index contributed by atoms with van der Waals surface area (Å²) in [5, 5.41) is 4.18. The number of nitrogens with zero attached hydrogens (tertiary/aromatic N) is 1. The number of aromatic nitrogens is 1. The van der Waals surface area contributed by atoms with Crippen molar-refractivity contribution in [3.63, 3.8) is 0 Å². The van der Waals surface area contributed by atoms with E-state index in [9.17, 15) is 0 Å². The van der Waals surface area contributed by atoms with E-state index in [1.54, 1.807) is 0 Å². The molecule has 2 aromatic rings. The third-order valence-corrected chi connectivity index (χ3v) is 2.89. The molecule has 90 valence electrons. The predicted molar refractivity (Wildman–Crippen MR) is 72.8 cm³/mol. The van der Waals surface area contributed by atoms with Crippen molar-refractivity contribution in [3.05, 3.63) is 53.3 Å². The number of benzene rings is 1. The molecule has 0 unspecified atom stereocenters. The SMILES string of the molecule is CCCNCc1cccn1-c1cccc(Cl)c1. The quantitative estimate of drug-likeness (QED) is 0.800. The molecule has 0 aliphatic rings. The fraction of sp³-hybridized carbons (Fsp3) is 0.286. The molecule has 0 aliphatic heterocycles. The van der Waals surface area contributed by atoms with Gasteiger partial charge in [-0.25, -0.2) is 0 Å². The molecule has 2 rings (SSSR count). The van der Waals surface area contributed by atoms with Crippen LogP contribution in [0.25, 0.3) is 5.69 Å². The van der Waals surface area contributed by atoms with Crippen molar-refractivity contribution in [1.82, 2.24) is 9.88 Å². The van der Waals surface area contributed by atoms with Crippen LogP contribution in [-0.2, 0) is 6.54 Å². The van der Waals surface area contributed by atoms with Crippen LogP contribution in [-0.4, -0.2) is 11.1 Å². The lowest BCUT2D eigenvalue weighted by molar-refractivity contribution is 0.656. The van der Waals surface area contributed by atoms with Gasteiger partial charge < -0.3 is 9.88 Å². The van der Waals surface area contributed by atoms with E-state index in [0.29, 0.717) is 0 Å². The van der Waals surface area contributed by atoms with Crippen molar-refractivity contribution in [2.75, 3.05) is 6.54 Å². The van der Waals surface area contributed by atoms with Crippen LogP contribution >= 0.6 is 11.6 Å². The van der Waals surface area contributed by atoms with Gasteiger partial charge in [0.25, 0.3) is 0 Å². The fourth-order valence-electron chi connectivity index (χ4n) is 1.83. The summed E-state index contributed by atoms with van der Waals surface area (Å²) in [4.78, 5) is 0. The van der Waals surface area contributed by atoms with Gasteiger partial charge in [-0.05, 0) is 43.3 Å². The molecule has 0 amide bonds. The Labute approximate surface area is 107 Å². The zero-order valence-electron chi connectivity index (χ0n) is 9.99. The predicted octanol–water partition coefficient (Wildman–Crippen LogP) is 3.63. The van der Waals surface area contributed by atoms with Crippen LogP contribution in [0.1, 0.15) is 19.0 Å². The van der Waals surface area contributed by atoms with E-state index in [1.165, 1.54) is 5.69 Å². The summed E-state index contributed by atoms with van der Waals surface area (Å²) < 4.78 is 2.16. The maximum atomic E-state index is 6.01. The van der Waals surface area contributed by atoms with Crippen LogP contribution in [0.5, 0.6) is 0 Å². The number of hydrogen-bond acceptors (Lipinski definition) is 1. The average Bonchev–Trinajstić information content (AvgIpc) is 2.78. The van der Waals surface area contributed by atoms with Gasteiger partial charge in [0, 0.05) is 29.1 Å². The Bertz CT molecular complexity index is 477. The molecule has 1 heterocycles. The van der Waals surface area contributed by atoms with Crippen molar-refractivity contribution in [2.24, 2.45) is 0 Å². The van der Waals surface area contributed by atoms with Gasteiger partial charge in [0.1, 0.15) is 0 Å². The molecule has 0 aliphatic carbocycles. The third kappa shape index (κ3) is 3.11. The van der Waals surface area contributed by atoms with Gasteiger partial charge in [0.2, 0.25) is 0 Å². The van der Waals surface area contributed by atoms with Gasteiger partial charge in [0.05, 0.1) is 0 Å². The first-order valence-corrected chi connectivity index (χ1v) is 6.32. The second-order valence-electron chi connectivity index (χ2n) is 4.03. The highest BCUT2D eigenvalue weighted by Gasteiger charge is 2.02. The molecule has 0 saturated carbocycles. The Morgan fingerprint density at radius 1 is 1.24 bits per heavy atom. The Morgan fingerprint density at radius 2 is 2.12 bits per heavy atom. The molecule has 0 fully saturated rings. The number of halogens is 1. The summed E-state index contributed by atoms with van der Waals surface area (Å²) >= 11 is 6.01. The Kier molecular flexibility index (Phi) is 4.24. The van der Waals surface area contributed by atoms with Crippen molar-refractivity contribution in [2.45, 2.75) is 19.9 Å². The van der Waals surface area contributed by atoms with Gasteiger partial charge in [-0.15, -0.1) is 0 Å². The van der Waals surface area contributed by atoms with Crippen LogP contribution < -0.4 is 5.32 Å². The van der Waals surface area contributed by atoms with E-state index in [2.05, 4.69) is 41.2 Å². The van der Waals surface area contributed by atoms with E-state index in [1.807, 2.05) is 18.2 Å². The Hall–Kier alpha value is -1.25. The lowest BCUT2D eigenvalue weighted by atomic mass is 10.3. The molecule has 1 N–H and O–H groups in total. The van der Waals surface area contributed by atoms with Crippen molar-refractivity contribution in [3.8, 4) is 5.69 Å². The second-order valence-corrected chi connectivity index (χ2v) is 4.46. The van der Waals surface area contributed by atoms with Crippen LogP contribution in [0, 0.1) is 0 Å². The first-order chi connectivity index (χ1) is 8.31. The highest BCUT2D eigenvalue weighted by Crippen LogP contribution is 2.17. The van der Waals surface area contributed by atoms with E-state index >= 15 is 0 Å². The van der Waals surface area contributed by atoms with Gasteiger partial charge in [-0.2, -0.15) is 0 Å². The van der Waals surface area contributed by atoms with Crippen LogP contribution in [0.4, 0.5) is 0 Å².